The van der Waals surface area contributed by atoms with Gasteiger partial charge in [-0.2, -0.15) is 0 Å². The molecule has 0 aliphatic carbocycles. The molecule has 72 valence electrons. The number of nitrogens with one attached hydrogen (secondary N) is 1. The summed E-state index contributed by atoms with van der Waals surface area (Å²) in [6, 6.07) is 1.64. The van der Waals surface area contributed by atoms with Gasteiger partial charge in [0.25, 0.3) is 0 Å². The van der Waals surface area contributed by atoms with E-state index in [9.17, 15) is 0 Å². The van der Waals surface area contributed by atoms with Crippen LogP contribution in [0.5, 0.6) is 0 Å². The second-order valence-electron chi connectivity index (χ2n) is 2.79. The van der Waals surface area contributed by atoms with Gasteiger partial charge in [0.05, 0.1) is 6.10 Å². The molecule has 5 heteroatoms. The number of aromatic nitrogens is 2. The van der Waals surface area contributed by atoms with Gasteiger partial charge in [0.15, 0.2) is 0 Å². The van der Waals surface area contributed by atoms with Crippen LogP contribution < -0.4 is 5.32 Å². The second kappa shape index (κ2) is 4.99. The molecule has 0 bridgehead atoms. The van der Waals surface area contributed by atoms with E-state index in [-0.39, 0.29) is 6.10 Å². The molecule has 1 atom stereocenters. The van der Waals surface area contributed by atoms with E-state index in [1.807, 2.05) is 0 Å². The highest BCUT2D eigenvalue weighted by atomic mass is 35.5. The molecule has 1 unspecified atom stereocenters. The van der Waals surface area contributed by atoms with Gasteiger partial charge in [0.2, 0.25) is 0 Å². The van der Waals surface area contributed by atoms with Crippen molar-refractivity contribution in [3.63, 3.8) is 0 Å². The highest BCUT2D eigenvalue weighted by Gasteiger charge is 1.97. The lowest BCUT2D eigenvalue weighted by atomic mass is 10.3. The summed E-state index contributed by atoms with van der Waals surface area (Å²) < 4.78 is 0. The molecular weight excluding hydrogens is 190 g/mol. The van der Waals surface area contributed by atoms with Gasteiger partial charge in [-0.05, 0) is 13.3 Å². The van der Waals surface area contributed by atoms with E-state index < -0.39 is 0 Å². The molecule has 0 radical (unpaired) electrons. The largest absolute Gasteiger partial charge is 0.393 e. The van der Waals surface area contributed by atoms with Gasteiger partial charge in [-0.25, -0.2) is 9.97 Å². The third kappa shape index (κ3) is 4.05. The quantitative estimate of drug-likeness (QED) is 0.722. The van der Waals surface area contributed by atoms with Crippen molar-refractivity contribution in [2.24, 2.45) is 0 Å². The third-order valence-corrected chi connectivity index (χ3v) is 1.71. The first-order chi connectivity index (χ1) is 6.18. The van der Waals surface area contributed by atoms with E-state index >= 15 is 0 Å². The summed E-state index contributed by atoms with van der Waals surface area (Å²) in [4.78, 5) is 7.70. The predicted molar refractivity (Wildman–Crippen MR) is 51.8 cm³/mol. The molecule has 1 aromatic heterocycles. The molecule has 0 aliphatic heterocycles. The Morgan fingerprint density at radius 1 is 1.62 bits per heavy atom. The van der Waals surface area contributed by atoms with E-state index in [1.54, 1.807) is 13.0 Å². The highest BCUT2D eigenvalue weighted by Crippen LogP contribution is 2.08. The van der Waals surface area contributed by atoms with E-state index in [1.165, 1.54) is 6.33 Å². The van der Waals surface area contributed by atoms with Gasteiger partial charge in [0.1, 0.15) is 17.3 Å². The normalized spacial score (nSPS) is 12.5. The van der Waals surface area contributed by atoms with Crippen LogP contribution >= 0.6 is 11.6 Å². The first kappa shape index (κ1) is 10.2. The summed E-state index contributed by atoms with van der Waals surface area (Å²) in [7, 11) is 0. The van der Waals surface area contributed by atoms with Crippen LogP contribution in [-0.4, -0.2) is 27.7 Å². The van der Waals surface area contributed by atoms with Gasteiger partial charge in [0, 0.05) is 12.6 Å². The van der Waals surface area contributed by atoms with Gasteiger partial charge >= 0.3 is 0 Å². The van der Waals surface area contributed by atoms with E-state index in [2.05, 4.69) is 15.3 Å². The third-order valence-electron chi connectivity index (χ3n) is 1.50. The number of rotatable bonds is 4. The molecule has 4 nitrogen and oxygen atoms in total. The van der Waals surface area contributed by atoms with Crippen LogP contribution in [0.15, 0.2) is 12.4 Å². The number of hydrogen-bond donors (Lipinski definition) is 2. The first-order valence-corrected chi connectivity index (χ1v) is 4.46. The van der Waals surface area contributed by atoms with Crippen molar-refractivity contribution in [1.82, 2.24) is 9.97 Å². The summed E-state index contributed by atoms with van der Waals surface area (Å²) in [6.45, 7) is 2.42. The highest BCUT2D eigenvalue weighted by molar-refractivity contribution is 6.29. The van der Waals surface area contributed by atoms with Gasteiger partial charge in [-0.3, -0.25) is 0 Å². The fourth-order valence-electron chi connectivity index (χ4n) is 0.839. The minimum Gasteiger partial charge on any atom is -0.393 e. The van der Waals surface area contributed by atoms with Crippen molar-refractivity contribution >= 4 is 17.4 Å². The lowest BCUT2D eigenvalue weighted by Gasteiger charge is -2.06. The van der Waals surface area contributed by atoms with Crippen LogP contribution in [0.4, 0.5) is 5.82 Å². The van der Waals surface area contributed by atoms with Crippen LogP contribution in [0.1, 0.15) is 13.3 Å². The van der Waals surface area contributed by atoms with Crippen LogP contribution in [0.25, 0.3) is 0 Å². The van der Waals surface area contributed by atoms with E-state index in [0.717, 1.165) is 0 Å². The number of aliphatic hydroxyl groups is 1. The summed E-state index contributed by atoms with van der Waals surface area (Å²) in [5.41, 5.74) is 0. The van der Waals surface area contributed by atoms with Crippen molar-refractivity contribution in [2.45, 2.75) is 19.4 Å². The standard InChI is InChI=1S/C8H12ClN3O/c1-6(13)2-3-10-8-4-7(9)11-5-12-8/h4-6,13H,2-3H2,1H3,(H,10,11,12). The number of nitrogens with zero attached hydrogens (tertiary/aromatic N) is 2. The van der Waals surface area contributed by atoms with Crippen molar-refractivity contribution in [2.75, 3.05) is 11.9 Å². The van der Waals surface area contributed by atoms with Crippen LogP contribution in [0, 0.1) is 0 Å². The van der Waals surface area contributed by atoms with Crippen LogP contribution in [-0.2, 0) is 0 Å². The van der Waals surface area contributed by atoms with Crippen LogP contribution in [0.3, 0.4) is 0 Å². The smallest absolute Gasteiger partial charge is 0.134 e. The maximum Gasteiger partial charge on any atom is 0.134 e. The molecule has 0 saturated heterocycles. The molecule has 0 fully saturated rings. The first-order valence-electron chi connectivity index (χ1n) is 4.08. The zero-order valence-electron chi connectivity index (χ0n) is 7.37. The Balaban J connectivity index is 2.37. The van der Waals surface area contributed by atoms with E-state index in [4.69, 9.17) is 16.7 Å². The summed E-state index contributed by atoms with van der Waals surface area (Å²) >= 11 is 5.65. The Morgan fingerprint density at radius 3 is 3.00 bits per heavy atom. The number of aliphatic hydroxyl groups excluding tert-OH is 1. The predicted octanol–water partition coefficient (Wildman–Crippen LogP) is 1.31. The molecular formula is C8H12ClN3O. The maximum absolute atomic E-state index is 8.99. The fourth-order valence-corrected chi connectivity index (χ4v) is 0.986. The monoisotopic (exact) mass is 201 g/mol. The van der Waals surface area contributed by atoms with Gasteiger partial charge in [-0.15, -0.1) is 0 Å². The Labute approximate surface area is 82.0 Å². The maximum atomic E-state index is 8.99. The molecule has 0 spiro atoms. The summed E-state index contributed by atoms with van der Waals surface area (Å²) in [5.74, 6) is 0.681. The molecule has 0 amide bonds. The van der Waals surface area contributed by atoms with Gasteiger partial charge in [-0.1, -0.05) is 11.6 Å². The number of halogens is 1. The van der Waals surface area contributed by atoms with Gasteiger partial charge < -0.3 is 10.4 Å². The Kier molecular flexibility index (Phi) is 3.92. The lowest BCUT2D eigenvalue weighted by Crippen LogP contribution is -2.10. The van der Waals surface area contributed by atoms with Crippen molar-refractivity contribution in [1.29, 1.82) is 0 Å². The lowest BCUT2D eigenvalue weighted by molar-refractivity contribution is 0.188. The Morgan fingerprint density at radius 2 is 2.38 bits per heavy atom. The zero-order valence-corrected chi connectivity index (χ0v) is 8.12. The minimum absolute atomic E-state index is 0.301. The van der Waals surface area contributed by atoms with Crippen LogP contribution in [0.2, 0.25) is 5.15 Å². The average molecular weight is 202 g/mol. The molecule has 1 aromatic rings. The molecule has 2 N–H and O–H groups in total. The van der Waals surface area contributed by atoms with E-state index in [0.29, 0.717) is 23.9 Å². The minimum atomic E-state index is -0.301. The van der Waals surface area contributed by atoms with Crippen molar-refractivity contribution in [3.05, 3.63) is 17.5 Å². The fraction of sp³-hybridized carbons (Fsp3) is 0.500. The Hall–Kier alpha value is -0.870. The number of hydrogen-bond acceptors (Lipinski definition) is 4. The topological polar surface area (TPSA) is 58.0 Å². The molecule has 13 heavy (non-hydrogen) atoms. The molecule has 1 heterocycles. The van der Waals surface area contributed by atoms with Crippen molar-refractivity contribution < 1.29 is 5.11 Å². The Bertz CT molecular complexity index is 267. The SMILES string of the molecule is CC(O)CCNc1cc(Cl)ncn1. The average Bonchev–Trinajstić information content (AvgIpc) is 2.03. The molecule has 0 aliphatic rings. The summed E-state index contributed by atoms with van der Waals surface area (Å²) in [5, 5.41) is 12.4. The number of anilines is 1. The molecule has 0 aromatic carbocycles. The zero-order chi connectivity index (χ0) is 9.68. The second-order valence-corrected chi connectivity index (χ2v) is 3.18. The molecule has 1 rings (SSSR count). The summed E-state index contributed by atoms with van der Waals surface area (Å²) in [6.07, 6.45) is 1.78. The molecule has 0 saturated carbocycles. The van der Waals surface area contributed by atoms with Crippen molar-refractivity contribution in [3.8, 4) is 0 Å².